The van der Waals surface area contributed by atoms with E-state index in [0.717, 1.165) is 37.3 Å². The van der Waals surface area contributed by atoms with E-state index in [9.17, 15) is 26.4 Å². The maximum Gasteiger partial charge on any atom is 0.243 e. The summed E-state index contributed by atoms with van der Waals surface area (Å²) in [4.78, 5) is 37.1. The van der Waals surface area contributed by atoms with Crippen molar-refractivity contribution in [2.75, 3.05) is 103 Å². The molecule has 4 aliphatic rings. The van der Waals surface area contributed by atoms with E-state index in [2.05, 4.69) is 98.2 Å². The van der Waals surface area contributed by atoms with Crippen LogP contribution >= 0.6 is 0 Å². The van der Waals surface area contributed by atoms with Gasteiger partial charge in [0.25, 0.3) is 0 Å². The quantitative estimate of drug-likeness (QED) is 0.117. The Morgan fingerprint density at radius 3 is 1.17 bits per heavy atom. The van der Waals surface area contributed by atoms with Crippen molar-refractivity contribution in [3.63, 3.8) is 0 Å². The SMILES string of the molecule is COc1cccc(S(=O)(=O)N2CCC(c3ccccc3)C(C(=O)N3CCN(c4cc(C)ccc4C)CC3)C2)c1.COc1cccc(S(=O)(=O)N2CC[C@H](c3ccccc3)[C@H](C(=O)N3CCN(c4cc(C)ccc4C)CC3)C2)c1. The van der Waals surface area contributed by atoms with Gasteiger partial charge in [0.1, 0.15) is 11.5 Å². The lowest BCUT2D eigenvalue weighted by Crippen LogP contribution is -2.54. The molecule has 2 unspecified atom stereocenters. The molecule has 4 aliphatic heterocycles. The molecule has 2 amide bonds. The third-order valence-corrected chi connectivity index (χ3v) is 19.9. The minimum Gasteiger partial charge on any atom is -0.497 e. The number of hydrogen-bond donors (Lipinski definition) is 0. The molecule has 0 spiro atoms. The van der Waals surface area contributed by atoms with Gasteiger partial charge in [-0.2, -0.15) is 8.61 Å². The van der Waals surface area contributed by atoms with Crippen molar-refractivity contribution in [2.45, 2.75) is 62.2 Å². The highest BCUT2D eigenvalue weighted by molar-refractivity contribution is 7.89. The van der Waals surface area contributed by atoms with Gasteiger partial charge in [-0.15, -0.1) is 0 Å². The van der Waals surface area contributed by atoms with Gasteiger partial charge in [0.15, 0.2) is 0 Å². The second-order valence-corrected chi connectivity index (χ2v) is 25.0. The Hall–Kier alpha value is -6.72. The molecule has 10 rings (SSSR count). The van der Waals surface area contributed by atoms with E-state index in [-0.39, 0.29) is 46.5 Å². The van der Waals surface area contributed by atoms with Crippen molar-refractivity contribution in [3.05, 3.63) is 179 Å². The van der Waals surface area contributed by atoms with E-state index in [1.807, 2.05) is 46.2 Å². The fourth-order valence-electron chi connectivity index (χ4n) is 11.7. The van der Waals surface area contributed by atoms with Crippen LogP contribution in [0.5, 0.6) is 11.5 Å². The van der Waals surface area contributed by atoms with Gasteiger partial charge in [-0.05, 0) is 122 Å². The number of carbonyl (C=O) groups excluding carboxylic acids is 2. The van der Waals surface area contributed by atoms with Gasteiger partial charge < -0.3 is 29.1 Å². The Kier molecular flexibility index (Phi) is 17.6. The normalized spacial score (nSPS) is 20.6. The summed E-state index contributed by atoms with van der Waals surface area (Å²) in [5.74, 6) is 0.0850. The molecule has 6 aromatic rings. The second-order valence-electron chi connectivity index (χ2n) is 21.1. The second kappa shape index (κ2) is 24.5. The lowest BCUT2D eigenvalue weighted by atomic mass is 9.80. The minimum atomic E-state index is -3.78. The summed E-state index contributed by atoms with van der Waals surface area (Å²) in [6, 6.07) is 46.1. The molecule has 16 heteroatoms. The molecule has 0 saturated carbocycles. The van der Waals surface area contributed by atoms with Crippen LogP contribution in [0.1, 0.15) is 58.1 Å². The number of ether oxygens (including phenoxy) is 2. The van der Waals surface area contributed by atoms with E-state index in [4.69, 9.17) is 9.47 Å². The number of piperazine rings is 2. The number of hydrogen-bond acceptors (Lipinski definition) is 10. The molecule has 0 bridgehead atoms. The van der Waals surface area contributed by atoms with Crippen LogP contribution in [0.3, 0.4) is 0 Å². The van der Waals surface area contributed by atoms with Gasteiger partial charge >= 0.3 is 0 Å². The molecule has 14 nitrogen and oxygen atoms in total. The first-order valence-corrected chi connectivity index (χ1v) is 30.0. The van der Waals surface area contributed by atoms with Crippen molar-refractivity contribution < 1.29 is 35.9 Å². The Morgan fingerprint density at radius 2 is 0.808 bits per heavy atom. The zero-order valence-corrected chi connectivity index (χ0v) is 47.5. The van der Waals surface area contributed by atoms with Crippen LogP contribution in [0.25, 0.3) is 0 Å². The summed E-state index contributed by atoms with van der Waals surface area (Å²) in [7, 11) is -4.51. The number of benzene rings is 6. The molecule has 0 N–H and O–H groups in total. The average molecular weight is 1100 g/mol. The molecule has 0 radical (unpaired) electrons. The number of aryl methyl sites for hydroxylation is 4. The highest BCUT2D eigenvalue weighted by Gasteiger charge is 2.44. The van der Waals surface area contributed by atoms with Crippen LogP contribution in [0, 0.1) is 39.5 Å². The van der Waals surface area contributed by atoms with Crippen molar-refractivity contribution in [3.8, 4) is 11.5 Å². The Bertz CT molecular complexity index is 3060. The molecule has 4 heterocycles. The molecule has 6 aromatic carbocycles. The molecule has 0 aliphatic carbocycles. The smallest absolute Gasteiger partial charge is 0.243 e. The maximum absolute atomic E-state index is 14.1. The highest BCUT2D eigenvalue weighted by atomic mass is 32.2. The third kappa shape index (κ3) is 12.4. The van der Waals surface area contributed by atoms with Crippen molar-refractivity contribution in [1.29, 1.82) is 0 Å². The van der Waals surface area contributed by atoms with E-state index in [1.54, 1.807) is 48.5 Å². The molecule has 0 aromatic heterocycles. The van der Waals surface area contributed by atoms with Gasteiger partial charge in [-0.25, -0.2) is 16.8 Å². The van der Waals surface area contributed by atoms with Crippen molar-refractivity contribution >= 4 is 43.2 Å². The van der Waals surface area contributed by atoms with Gasteiger partial charge in [-0.1, -0.05) is 97.1 Å². The maximum atomic E-state index is 14.1. The molecule has 4 fully saturated rings. The number of rotatable bonds is 12. The van der Waals surface area contributed by atoms with Crippen LogP contribution < -0.4 is 19.3 Å². The Labute approximate surface area is 462 Å². The lowest BCUT2D eigenvalue weighted by molar-refractivity contribution is -0.138. The number of anilines is 2. The zero-order chi connectivity index (χ0) is 55.1. The van der Waals surface area contributed by atoms with Crippen molar-refractivity contribution in [1.82, 2.24) is 18.4 Å². The summed E-state index contributed by atoms with van der Waals surface area (Å²) in [6.07, 6.45) is 1.18. The largest absolute Gasteiger partial charge is 0.497 e. The molecule has 412 valence electrons. The standard InChI is InChI=1S/2C31H37N3O4S/c2*1-23-12-13-24(2)30(20-23)32-16-18-33(19-17-32)31(35)29-22-34(15-14-28(29)25-8-5-4-6-9-25)39(36,37)27-11-7-10-26(21-27)38-3/h2*4-13,20-21,28-29H,14-19,22H2,1-3H3/t28-,29-;/m1./s1. The molecule has 4 atom stereocenters. The Balaban J connectivity index is 0.000000190. The number of methoxy groups -OCH3 is 2. The van der Waals surface area contributed by atoms with Gasteiger partial charge in [0, 0.05) is 102 Å². The molecule has 78 heavy (non-hydrogen) atoms. The van der Waals surface area contributed by atoms with Crippen LogP contribution in [0.4, 0.5) is 11.4 Å². The average Bonchev–Trinajstić information content (AvgIpc) is 3.50. The van der Waals surface area contributed by atoms with Crippen LogP contribution in [0.2, 0.25) is 0 Å². The third-order valence-electron chi connectivity index (χ3n) is 16.2. The first-order valence-electron chi connectivity index (χ1n) is 27.2. The summed E-state index contributed by atoms with van der Waals surface area (Å²) in [5, 5.41) is 0. The van der Waals surface area contributed by atoms with Crippen LogP contribution in [0.15, 0.2) is 155 Å². The predicted molar refractivity (Wildman–Crippen MR) is 308 cm³/mol. The van der Waals surface area contributed by atoms with Crippen LogP contribution in [-0.4, -0.2) is 140 Å². The van der Waals surface area contributed by atoms with E-state index in [1.165, 1.54) is 56.5 Å². The highest BCUT2D eigenvalue weighted by Crippen LogP contribution is 2.39. The number of sulfonamides is 2. The minimum absolute atomic E-state index is 0.0347. The van der Waals surface area contributed by atoms with Gasteiger partial charge in [0.05, 0.1) is 35.8 Å². The van der Waals surface area contributed by atoms with Gasteiger partial charge in [-0.3, -0.25) is 9.59 Å². The number of amides is 2. The topological polar surface area (TPSA) is 140 Å². The summed E-state index contributed by atoms with van der Waals surface area (Å²) in [6.45, 7) is 15.0. The fourth-order valence-corrected chi connectivity index (χ4v) is 14.8. The monoisotopic (exact) mass is 1090 g/mol. The fraction of sp³-hybridized carbons (Fsp3) is 0.387. The molecular formula is C62H74N6O8S2. The molecule has 4 saturated heterocycles. The van der Waals surface area contributed by atoms with Gasteiger partial charge in [0.2, 0.25) is 31.9 Å². The number of piperidine rings is 2. The van der Waals surface area contributed by atoms with Crippen molar-refractivity contribution in [2.24, 2.45) is 11.8 Å². The number of carbonyl (C=O) groups is 2. The summed E-state index contributed by atoms with van der Waals surface area (Å²) >= 11 is 0. The van der Waals surface area contributed by atoms with Crippen LogP contribution in [-0.2, 0) is 29.6 Å². The molecular weight excluding hydrogens is 1020 g/mol. The zero-order valence-electron chi connectivity index (χ0n) is 45.8. The lowest BCUT2D eigenvalue weighted by Gasteiger charge is -2.42. The summed E-state index contributed by atoms with van der Waals surface area (Å²) < 4.78 is 68.0. The first kappa shape index (κ1) is 56.0. The predicted octanol–water partition coefficient (Wildman–Crippen LogP) is 8.91. The number of nitrogens with zero attached hydrogens (tertiary/aromatic N) is 6. The van der Waals surface area contributed by atoms with E-state index >= 15 is 0 Å². The van der Waals surface area contributed by atoms with E-state index < -0.39 is 31.9 Å². The van der Waals surface area contributed by atoms with E-state index in [0.29, 0.717) is 63.6 Å². The Morgan fingerprint density at radius 1 is 0.436 bits per heavy atom. The first-order chi connectivity index (χ1) is 37.5. The summed E-state index contributed by atoms with van der Waals surface area (Å²) in [5.41, 5.74) is 9.52.